The predicted octanol–water partition coefficient (Wildman–Crippen LogP) is 4.18. The maximum absolute atomic E-state index is 10.2. The van der Waals surface area contributed by atoms with Crippen molar-refractivity contribution in [3.63, 3.8) is 0 Å². The highest BCUT2D eigenvalue weighted by Crippen LogP contribution is 2.17. The minimum Gasteiger partial charge on any atom is -0.385 e. The highest BCUT2D eigenvalue weighted by atomic mass is 16.3. The van der Waals surface area contributed by atoms with Crippen LogP contribution >= 0.6 is 0 Å². The highest BCUT2D eigenvalue weighted by molar-refractivity contribution is 5.50. The molecule has 0 aliphatic carbocycles. The highest BCUT2D eigenvalue weighted by Gasteiger charge is 2.04. The lowest BCUT2D eigenvalue weighted by Gasteiger charge is -2.15. The van der Waals surface area contributed by atoms with Gasteiger partial charge in [-0.3, -0.25) is 0 Å². The first-order valence-electron chi connectivity index (χ1n) is 5.79. The van der Waals surface area contributed by atoms with Crippen LogP contribution in [0.25, 0.3) is 0 Å². The molecule has 0 saturated heterocycles. The normalized spacial score (nSPS) is 12.5. The number of nitrogens with one attached hydrogen (secondary N) is 1. The molecule has 1 unspecified atom stereocenters. The fraction of sp³-hybridized carbons (Fsp3) is 0.538. The molecule has 1 aromatic rings. The van der Waals surface area contributed by atoms with Gasteiger partial charge in [-0.1, -0.05) is 20.8 Å². The summed E-state index contributed by atoms with van der Waals surface area (Å²) in [6.07, 6.45) is 1.22. The van der Waals surface area contributed by atoms with E-state index in [1.807, 2.05) is 12.1 Å². The van der Waals surface area contributed by atoms with E-state index >= 15 is 0 Å². The Morgan fingerprint density at radius 1 is 1.19 bits per heavy atom. The lowest BCUT2D eigenvalue weighted by atomic mass is 9.99. The van der Waals surface area contributed by atoms with E-state index in [1.54, 1.807) is 12.1 Å². The van der Waals surface area contributed by atoms with Crippen molar-refractivity contribution < 1.29 is 0 Å². The standard InChI is InChI=1S/C13H20N2O/c1-10(2)8-11(3)9-14-12-4-6-13(15-16)7-5-12/h4-7,10-11,14H,8-9H2,1-3H3. The van der Waals surface area contributed by atoms with Gasteiger partial charge in [-0.05, 0) is 47.7 Å². The third kappa shape index (κ3) is 4.43. The average molecular weight is 220 g/mol. The van der Waals surface area contributed by atoms with Crippen molar-refractivity contribution in [2.75, 3.05) is 11.9 Å². The summed E-state index contributed by atoms with van der Waals surface area (Å²) < 4.78 is 0. The number of anilines is 1. The molecule has 0 spiro atoms. The van der Waals surface area contributed by atoms with E-state index in [9.17, 15) is 4.91 Å². The molecule has 0 bridgehead atoms. The molecule has 0 fully saturated rings. The smallest absolute Gasteiger partial charge is 0.108 e. The minimum atomic E-state index is 0.473. The molecule has 0 aliphatic rings. The van der Waals surface area contributed by atoms with E-state index in [4.69, 9.17) is 0 Å². The molecule has 1 rings (SSSR count). The Bertz CT molecular complexity index is 319. The van der Waals surface area contributed by atoms with Gasteiger partial charge in [0.1, 0.15) is 5.69 Å². The zero-order chi connectivity index (χ0) is 12.0. The number of hydrogen-bond donors (Lipinski definition) is 1. The first-order valence-corrected chi connectivity index (χ1v) is 5.79. The molecule has 0 radical (unpaired) electrons. The van der Waals surface area contributed by atoms with Crippen LogP contribution in [0, 0.1) is 16.7 Å². The van der Waals surface area contributed by atoms with E-state index in [2.05, 4.69) is 31.3 Å². The molecule has 88 valence electrons. The topological polar surface area (TPSA) is 41.5 Å². The summed E-state index contributed by atoms with van der Waals surface area (Å²) in [4.78, 5) is 10.2. The van der Waals surface area contributed by atoms with Gasteiger partial charge in [-0.2, -0.15) is 0 Å². The van der Waals surface area contributed by atoms with Gasteiger partial charge in [0.2, 0.25) is 0 Å². The minimum absolute atomic E-state index is 0.473. The second kappa shape index (κ2) is 6.26. The first kappa shape index (κ1) is 12.7. The third-order valence-electron chi connectivity index (χ3n) is 2.50. The van der Waals surface area contributed by atoms with Gasteiger partial charge >= 0.3 is 0 Å². The van der Waals surface area contributed by atoms with E-state index in [-0.39, 0.29) is 0 Å². The molecule has 0 aromatic heterocycles. The molecule has 0 saturated carbocycles. The SMILES string of the molecule is CC(C)CC(C)CNc1ccc(N=O)cc1. The van der Waals surface area contributed by atoms with Crippen LogP contribution in [0.4, 0.5) is 11.4 Å². The van der Waals surface area contributed by atoms with Crippen molar-refractivity contribution >= 4 is 11.4 Å². The molecular weight excluding hydrogens is 200 g/mol. The largest absolute Gasteiger partial charge is 0.385 e. The summed E-state index contributed by atoms with van der Waals surface area (Å²) >= 11 is 0. The zero-order valence-electron chi connectivity index (χ0n) is 10.2. The van der Waals surface area contributed by atoms with Gasteiger partial charge in [0, 0.05) is 12.2 Å². The summed E-state index contributed by atoms with van der Waals surface area (Å²) in [6, 6.07) is 7.22. The molecule has 0 aliphatic heterocycles. The van der Waals surface area contributed by atoms with Crippen molar-refractivity contribution in [2.45, 2.75) is 27.2 Å². The molecule has 0 amide bonds. The number of hydrogen-bond acceptors (Lipinski definition) is 3. The number of benzene rings is 1. The van der Waals surface area contributed by atoms with Crippen molar-refractivity contribution in [3.8, 4) is 0 Å². The van der Waals surface area contributed by atoms with Gasteiger partial charge in [0.05, 0.1) is 0 Å². The van der Waals surface area contributed by atoms with Gasteiger partial charge in [0.15, 0.2) is 0 Å². The average Bonchev–Trinajstić information content (AvgIpc) is 2.26. The Kier molecular flexibility index (Phi) is 4.96. The van der Waals surface area contributed by atoms with Gasteiger partial charge in [-0.15, -0.1) is 4.91 Å². The Morgan fingerprint density at radius 3 is 2.31 bits per heavy atom. The Morgan fingerprint density at radius 2 is 1.81 bits per heavy atom. The predicted molar refractivity (Wildman–Crippen MR) is 69.0 cm³/mol. The summed E-state index contributed by atoms with van der Waals surface area (Å²) in [7, 11) is 0. The van der Waals surface area contributed by atoms with Crippen LogP contribution in [-0.4, -0.2) is 6.54 Å². The van der Waals surface area contributed by atoms with Crippen LogP contribution in [0.2, 0.25) is 0 Å². The maximum Gasteiger partial charge on any atom is 0.108 e. The quantitative estimate of drug-likeness (QED) is 0.731. The molecule has 1 atom stereocenters. The van der Waals surface area contributed by atoms with Crippen molar-refractivity contribution in [3.05, 3.63) is 29.2 Å². The Hall–Kier alpha value is -1.38. The zero-order valence-corrected chi connectivity index (χ0v) is 10.2. The number of nitroso groups, excluding NO2 is 1. The van der Waals surface area contributed by atoms with E-state index in [1.165, 1.54) is 6.42 Å². The van der Waals surface area contributed by atoms with Crippen LogP contribution in [0.5, 0.6) is 0 Å². The van der Waals surface area contributed by atoms with Gasteiger partial charge in [0.25, 0.3) is 0 Å². The van der Waals surface area contributed by atoms with Gasteiger partial charge in [-0.25, -0.2) is 0 Å². The molecule has 3 nitrogen and oxygen atoms in total. The molecule has 0 heterocycles. The van der Waals surface area contributed by atoms with E-state index < -0.39 is 0 Å². The van der Waals surface area contributed by atoms with Crippen molar-refractivity contribution in [1.29, 1.82) is 0 Å². The maximum atomic E-state index is 10.2. The second-order valence-electron chi connectivity index (χ2n) is 4.75. The number of rotatable bonds is 6. The Balaban J connectivity index is 2.39. The molecule has 16 heavy (non-hydrogen) atoms. The Labute approximate surface area is 97.2 Å². The summed E-state index contributed by atoms with van der Waals surface area (Å²) in [5.41, 5.74) is 1.52. The van der Waals surface area contributed by atoms with E-state index in [0.717, 1.165) is 18.2 Å². The molecular formula is C13H20N2O. The second-order valence-corrected chi connectivity index (χ2v) is 4.75. The summed E-state index contributed by atoms with van der Waals surface area (Å²) in [6.45, 7) is 7.68. The lowest BCUT2D eigenvalue weighted by molar-refractivity contribution is 0.455. The van der Waals surface area contributed by atoms with Crippen LogP contribution in [0.1, 0.15) is 27.2 Å². The van der Waals surface area contributed by atoms with Crippen LogP contribution < -0.4 is 5.32 Å². The van der Waals surface area contributed by atoms with Crippen molar-refractivity contribution in [2.24, 2.45) is 17.0 Å². The first-order chi connectivity index (χ1) is 7.61. The monoisotopic (exact) mass is 220 g/mol. The lowest BCUT2D eigenvalue weighted by Crippen LogP contribution is -2.13. The fourth-order valence-electron chi connectivity index (χ4n) is 1.82. The van der Waals surface area contributed by atoms with E-state index in [0.29, 0.717) is 11.6 Å². The summed E-state index contributed by atoms with van der Waals surface area (Å²) in [5.74, 6) is 1.39. The molecule has 3 heteroatoms. The van der Waals surface area contributed by atoms with Crippen LogP contribution in [-0.2, 0) is 0 Å². The van der Waals surface area contributed by atoms with Gasteiger partial charge < -0.3 is 5.32 Å². The van der Waals surface area contributed by atoms with Crippen LogP contribution in [0.15, 0.2) is 29.4 Å². The fourth-order valence-corrected chi connectivity index (χ4v) is 1.82. The molecule has 1 aromatic carbocycles. The number of nitrogens with zero attached hydrogens (tertiary/aromatic N) is 1. The van der Waals surface area contributed by atoms with Crippen molar-refractivity contribution in [1.82, 2.24) is 0 Å². The third-order valence-corrected chi connectivity index (χ3v) is 2.50. The molecule has 1 N–H and O–H groups in total. The summed E-state index contributed by atoms with van der Waals surface area (Å²) in [5, 5.41) is 6.23. The van der Waals surface area contributed by atoms with Crippen LogP contribution in [0.3, 0.4) is 0 Å².